The lowest BCUT2D eigenvalue weighted by atomic mass is 10.1. The van der Waals surface area contributed by atoms with Gasteiger partial charge in [-0.05, 0) is 24.5 Å². The van der Waals surface area contributed by atoms with Gasteiger partial charge < -0.3 is 5.11 Å². The van der Waals surface area contributed by atoms with Gasteiger partial charge in [0.25, 0.3) is 0 Å². The molecule has 0 radical (unpaired) electrons. The summed E-state index contributed by atoms with van der Waals surface area (Å²) in [5.41, 5.74) is -0.0119. The SMILES string of the molecule is CSc1nnc(SCC(=O)c2cc(F)ccc2O)s1. The molecule has 0 bridgehead atoms. The van der Waals surface area contributed by atoms with Crippen LogP contribution in [0.15, 0.2) is 26.9 Å². The van der Waals surface area contributed by atoms with Crippen LogP contribution in [-0.4, -0.2) is 33.1 Å². The summed E-state index contributed by atoms with van der Waals surface area (Å²) in [6.07, 6.45) is 1.89. The Bertz CT molecular complexity index is 603. The van der Waals surface area contributed by atoms with Crippen molar-refractivity contribution in [2.45, 2.75) is 8.68 Å². The van der Waals surface area contributed by atoms with Crippen LogP contribution >= 0.6 is 34.9 Å². The molecule has 0 atom stereocenters. The summed E-state index contributed by atoms with van der Waals surface area (Å²) in [5, 5.41) is 17.3. The number of phenols is 1. The first-order valence-corrected chi connectivity index (χ1v) is 8.15. The second-order valence-corrected chi connectivity index (χ2v) is 6.66. The smallest absolute Gasteiger partial charge is 0.176 e. The molecule has 4 nitrogen and oxygen atoms in total. The molecule has 8 heteroatoms. The van der Waals surface area contributed by atoms with Gasteiger partial charge in [0.15, 0.2) is 14.5 Å². The molecule has 100 valence electrons. The zero-order chi connectivity index (χ0) is 13.8. The minimum absolute atomic E-state index is 0.0119. The maximum atomic E-state index is 13.0. The predicted molar refractivity (Wildman–Crippen MR) is 74.8 cm³/mol. The largest absolute Gasteiger partial charge is 0.507 e. The highest BCUT2D eigenvalue weighted by atomic mass is 32.2. The van der Waals surface area contributed by atoms with Crippen LogP contribution in [0.3, 0.4) is 0 Å². The average molecular weight is 316 g/mol. The third-order valence-corrected chi connectivity index (χ3v) is 5.18. The van der Waals surface area contributed by atoms with Gasteiger partial charge in [-0.15, -0.1) is 10.2 Å². The number of aromatic nitrogens is 2. The number of halogens is 1. The van der Waals surface area contributed by atoms with Crippen LogP contribution in [0, 0.1) is 5.82 Å². The molecule has 0 fully saturated rings. The van der Waals surface area contributed by atoms with Gasteiger partial charge in [-0.2, -0.15) is 0 Å². The molecule has 0 amide bonds. The minimum atomic E-state index is -0.549. The molecule has 0 aliphatic rings. The highest BCUT2D eigenvalue weighted by Gasteiger charge is 2.14. The fourth-order valence-electron chi connectivity index (χ4n) is 1.27. The van der Waals surface area contributed by atoms with E-state index in [1.54, 1.807) is 0 Å². The Balaban J connectivity index is 2.03. The van der Waals surface area contributed by atoms with E-state index in [1.807, 2.05) is 6.26 Å². The van der Waals surface area contributed by atoms with E-state index in [0.29, 0.717) is 4.34 Å². The second kappa shape index (κ2) is 6.36. The molecule has 0 saturated carbocycles. The Morgan fingerprint density at radius 1 is 1.42 bits per heavy atom. The number of hydrogen-bond acceptors (Lipinski definition) is 7. The monoisotopic (exact) mass is 316 g/mol. The maximum Gasteiger partial charge on any atom is 0.176 e. The number of ketones is 1. The first-order chi connectivity index (χ1) is 9.10. The van der Waals surface area contributed by atoms with Crippen LogP contribution in [0.1, 0.15) is 10.4 Å². The van der Waals surface area contributed by atoms with Crippen molar-refractivity contribution in [2.24, 2.45) is 0 Å². The Morgan fingerprint density at radius 2 is 2.16 bits per heavy atom. The van der Waals surface area contributed by atoms with E-state index in [4.69, 9.17) is 0 Å². The van der Waals surface area contributed by atoms with Crippen molar-refractivity contribution in [3.05, 3.63) is 29.6 Å². The van der Waals surface area contributed by atoms with E-state index in [-0.39, 0.29) is 22.8 Å². The Labute approximate surface area is 121 Å². The Morgan fingerprint density at radius 3 is 2.84 bits per heavy atom. The topological polar surface area (TPSA) is 63.1 Å². The zero-order valence-electron chi connectivity index (χ0n) is 9.79. The lowest BCUT2D eigenvalue weighted by Gasteiger charge is -2.02. The molecule has 2 rings (SSSR count). The molecule has 1 heterocycles. The van der Waals surface area contributed by atoms with Gasteiger partial charge in [-0.1, -0.05) is 34.9 Å². The van der Waals surface area contributed by atoms with Gasteiger partial charge in [0, 0.05) is 0 Å². The quantitative estimate of drug-likeness (QED) is 0.675. The van der Waals surface area contributed by atoms with Crippen molar-refractivity contribution in [1.82, 2.24) is 10.2 Å². The first kappa shape index (κ1) is 14.3. The maximum absolute atomic E-state index is 13.0. The summed E-state index contributed by atoms with van der Waals surface area (Å²) in [7, 11) is 0. The summed E-state index contributed by atoms with van der Waals surface area (Å²) < 4.78 is 14.5. The summed E-state index contributed by atoms with van der Waals surface area (Å²) >= 11 is 4.10. The molecular formula is C11H9FN2O2S3. The van der Waals surface area contributed by atoms with Gasteiger partial charge >= 0.3 is 0 Å². The molecule has 0 aliphatic carbocycles. The van der Waals surface area contributed by atoms with E-state index >= 15 is 0 Å². The number of benzene rings is 1. The van der Waals surface area contributed by atoms with E-state index < -0.39 is 5.82 Å². The number of rotatable bonds is 5. The summed E-state index contributed by atoms with van der Waals surface area (Å²) in [6.45, 7) is 0. The summed E-state index contributed by atoms with van der Waals surface area (Å²) in [4.78, 5) is 11.9. The number of phenolic OH excluding ortho intramolecular Hbond substituents is 1. The second-order valence-electron chi connectivity index (χ2n) is 3.41. The van der Waals surface area contributed by atoms with E-state index in [9.17, 15) is 14.3 Å². The van der Waals surface area contributed by atoms with Gasteiger partial charge in [-0.25, -0.2) is 4.39 Å². The minimum Gasteiger partial charge on any atom is -0.507 e. The van der Waals surface area contributed by atoms with Crippen molar-refractivity contribution in [3.8, 4) is 5.75 Å². The van der Waals surface area contributed by atoms with Crippen molar-refractivity contribution in [2.75, 3.05) is 12.0 Å². The van der Waals surface area contributed by atoms with E-state index in [2.05, 4.69) is 10.2 Å². The van der Waals surface area contributed by atoms with E-state index in [1.165, 1.54) is 40.9 Å². The Kier molecular flexibility index (Phi) is 4.78. The number of nitrogens with zero attached hydrogens (tertiary/aromatic N) is 2. The number of hydrogen-bond donors (Lipinski definition) is 1. The van der Waals surface area contributed by atoms with Crippen molar-refractivity contribution in [1.29, 1.82) is 0 Å². The lowest BCUT2D eigenvalue weighted by Crippen LogP contribution is -2.03. The molecule has 0 saturated heterocycles. The third-order valence-electron chi connectivity index (χ3n) is 2.15. The number of thioether (sulfide) groups is 2. The molecule has 1 N–H and O–H groups in total. The lowest BCUT2D eigenvalue weighted by molar-refractivity contribution is 0.101. The molecule has 1 aromatic heterocycles. The van der Waals surface area contributed by atoms with Crippen LogP contribution in [0.4, 0.5) is 4.39 Å². The number of aromatic hydroxyl groups is 1. The molecular weight excluding hydrogens is 307 g/mol. The predicted octanol–water partition coefficient (Wildman–Crippen LogP) is 3.08. The van der Waals surface area contributed by atoms with Crippen LogP contribution in [0.5, 0.6) is 5.75 Å². The first-order valence-electron chi connectivity index (χ1n) is 5.12. The normalized spacial score (nSPS) is 10.6. The molecule has 2 aromatic rings. The zero-order valence-corrected chi connectivity index (χ0v) is 12.2. The van der Waals surface area contributed by atoms with Crippen LogP contribution in [-0.2, 0) is 0 Å². The van der Waals surface area contributed by atoms with Crippen LogP contribution < -0.4 is 0 Å². The molecule has 0 aliphatic heterocycles. The summed E-state index contributed by atoms with van der Waals surface area (Å²) in [5.74, 6) is -1.02. The van der Waals surface area contributed by atoms with Crippen LogP contribution in [0.2, 0.25) is 0 Å². The van der Waals surface area contributed by atoms with Crippen LogP contribution in [0.25, 0.3) is 0 Å². The Hall–Kier alpha value is -1.12. The van der Waals surface area contributed by atoms with Crippen molar-refractivity contribution in [3.63, 3.8) is 0 Å². The fourth-order valence-corrected chi connectivity index (χ4v) is 3.60. The van der Waals surface area contributed by atoms with Crippen molar-refractivity contribution < 1.29 is 14.3 Å². The molecule has 1 aromatic carbocycles. The number of Topliss-reactive ketones (excluding diaryl/α,β-unsaturated/α-hetero) is 1. The van der Waals surface area contributed by atoms with Crippen molar-refractivity contribution >= 4 is 40.6 Å². The van der Waals surface area contributed by atoms with Gasteiger partial charge in [0.2, 0.25) is 0 Å². The van der Waals surface area contributed by atoms with Gasteiger partial charge in [0.05, 0.1) is 11.3 Å². The molecule has 0 unspecified atom stereocenters. The third kappa shape index (κ3) is 3.68. The number of carbonyl (C=O) groups is 1. The number of carbonyl (C=O) groups excluding carboxylic acids is 1. The molecule has 0 spiro atoms. The fraction of sp³-hybridized carbons (Fsp3) is 0.182. The standard InChI is InChI=1S/C11H9FN2O2S3/c1-17-10-13-14-11(19-10)18-5-9(16)7-4-6(12)2-3-8(7)15/h2-4,15H,5H2,1H3. The molecule has 19 heavy (non-hydrogen) atoms. The highest BCUT2D eigenvalue weighted by molar-refractivity contribution is 8.03. The van der Waals surface area contributed by atoms with Gasteiger partial charge in [0.1, 0.15) is 11.6 Å². The van der Waals surface area contributed by atoms with E-state index in [0.717, 1.165) is 16.5 Å². The highest BCUT2D eigenvalue weighted by Crippen LogP contribution is 2.28. The summed E-state index contributed by atoms with van der Waals surface area (Å²) in [6, 6.07) is 3.31. The van der Waals surface area contributed by atoms with Gasteiger partial charge in [-0.3, -0.25) is 4.79 Å². The average Bonchev–Trinajstić information content (AvgIpc) is 2.87.